The quantitative estimate of drug-likeness (QED) is 0.622. The summed E-state index contributed by atoms with van der Waals surface area (Å²) in [7, 11) is -2.05. The number of methoxy groups -OCH3 is 1. The van der Waals surface area contributed by atoms with E-state index in [0.717, 1.165) is 0 Å². The first kappa shape index (κ1) is 13.7. The Morgan fingerprint density at radius 1 is 1.33 bits per heavy atom. The van der Waals surface area contributed by atoms with Gasteiger partial charge in [-0.3, -0.25) is 4.79 Å². The number of hydrogen-bond acceptors (Lipinski definition) is 5. The molecule has 2 N–H and O–H groups in total. The molecule has 0 aromatic carbocycles. The second-order valence-electron chi connectivity index (χ2n) is 4.67. The summed E-state index contributed by atoms with van der Waals surface area (Å²) in [4.78, 5) is 11.3. The van der Waals surface area contributed by atoms with Gasteiger partial charge in [0.2, 0.25) is 0 Å². The van der Waals surface area contributed by atoms with E-state index in [1.807, 2.05) is 0 Å². The summed E-state index contributed by atoms with van der Waals surface area (Å²) in [6.07, 6.45) is 1.05. The largest absolute Gasteiger partial charge is 0.469 e. The second kappa shape index (κ2) is 5.52. The molecule has 0 amide bonds. The molecule has 0 spiro atoms. The average molecular weight is 277 g/mol. The molecule has 0 bridgehead atoms. The Balaban J connectivity index is 1.86. The smallest absolute Gasteiger partial charge is 0.308 e. The van der Waals surface area contributed by atoms with Crippen LogP contribution in [0.25, 0.3) is 0 Å². The molecule has 2 saturated heterocycles. The number of carbonyl (C=O) groups is 1. The number of nitrogens with one attached hydrogen (secondary N) is 2. The third-order valence-electron chi connectivity index (χ3n) is 3.43. The van der Waals surface area contributed by atoms with Gasteiger partial charge in [0.15, 0.2) is 0 Å². The van der Waals surface area contributed by atoms with Crippen LogP contribution in [-0.4, -0.2) is 58.0 Å². The highest BCUT2D eigenvalue weighted by atomic mass is 32.2. The number of ether oxygens (including phenoxy) is 1. The summed E-state index contributed by atoms with van der Waals surface area (Å²) >= 11 is 0. The molecule has 2 rings (SSSR count). The van der Waals surface area contributed by atoms with Crippen LogP contribution in [0, 0.1) is 5.92 Å². The molecule has 18 heavy (non-hydrogen) atoms. The van der Waals surface area contributed by atoms with Crippen LogP contribution in [0.5, 0.6) is 0 Å². The minimum Gasteiger partial charge on any atom is -0.469 e. The fraction of sp³-hybridized carbons (Fsp3) is 0.900. The van der Waals surface area contributed by atoms with Gasteiger partial charge in [0.25, 0.3) is 10.2 Å². The number of nitrogens with zero attached hydrogens (tertiary/aromatic N) is 1. The Kier molecular flexibility index (Phi) is 4.21. The molecule has 0 atom stereocenters. The van der Waals surface area contributed by atoms with Crippen LogP contribution in [0.15, 0.2) is 0 Å². The monoisotopic (exact) mass is 277 g/mol. The zero-order chi connectivity index (χ0) is 13.2. The Morgan fingerprint density at radius 2 is 1.94 bits per heavy atom. The van der Waals surface area contributed by atoms with Gasteiger partial charge in [0.05, 0.1) is 13.0 Å². The third kappa shape index (κ3) is 3.00. The summed E-state index contributed by atoms with van der Waals surface area (Å²) < 4.78 is 32.7. The van der Waals surface area contributed by atoms with Crippen molar-refractivity contribution in [3.05, 3.63) is 0 Å². The van der Waals surface area contributed by atoms with Crippen molar-refractivity contribution in [3.8, 4) is 0 Å². The zero-order valence-electron chi connectivity index (χ0n) is 10.4. The lowest BCUT2D eigenvalue weighted by molar-refractivity contribution is -0.146. The second-order valence-corrected chi connectivity index (χ2v) is 6.38. The van der Waals surface area contributed by atoms with E-state index in [1.54, 1.807) is 0 Å². The molecular weight excluding hydrogens is 258 g/mol. The van der Waals surface area contributed by atoms with Gasteiger partial charge in [-0.2, -0.15) is 17.4 Å². The van der Waals surface area contributed by atoms with Gasteiger partial charge in [-0.1, -0.05) is 0 Å². The van der Waals surface area contributed by atoms with Crippen molar-refractivity contribution in [2.45, 2.75) is 18.9 Å². The van der Waals surface area contributed by atoms with Crippen molar-refractivity contribution in [3.63, 3.8) is 0 Å². The maximum absolute atomic E-state index is 12.0. The molecule has 8 heteroatoms. The minimum atomic E-state index is -3.41. The van der Waals surface area contributed by atoms with Crippen molar-refractivity contribution in [2.75, 3.05) is 33.3 Å². The summed E-state index contributed by atoms with van der Waals surface area (Å²) in [5, 5.41) is 3.01. The first-order chi connectivity index (χ1) is 8.53. The maximum Gasteiger partial charge on any atom is 0.308 e. The van der Waals surface area contributed by atoms with Crippen LogP contribution < -0.4 is 10.0 Å². The van der Waals surface area contributed by atoms with Crippen molar-refractivity contribution >= 4 is 16.2 Å². The van der Waals surface area contributed by atoms with Gasteiger partial charge >= 0.3 is 5.97 Å². The molecule has 2 aliphatic heterocycles. The van der Waals surface area contributed by atoms with Gasteiger partial charge in [-0.25, -0.2) is 0 Å². The summed E-state index contributed by atoms with van der Waals surface area (Å²) in [6.45, 7) is 2.10. The molecule has 104 valence electrons. The van der Waals surface area contributed by atoms with Crippen LogP contribution in [0.1, 0.15) is 12.8 Å². The van der Waals surface area contributed by atoms with E-state index >= 15 is 0 Å². The summed E-state index contributed by atoms with van der Waals surface area (Å²) in [6, 6.07) is -0.00618. The summed E-state index contributed by atoms with van der Waals surface area (Å²) in [5.41, 5.74) is 0. The topological polar surface area (TPSA) is 87.7 Å². The van der Waals surface area contributed by atoms with Crippen molar-refractivity contribution < 1.29 is 17.9 Å². The molecule has 0 saturated carbocycles. The Labute approximate surface area is 107 Å². The molecule has 0 unspecified atom stereocenters. The predicted molar refractivity (Wildman–Crippen MR) is 65.0 cm³/mol. The van der Waals surface area contributed by atoms with Gasteiger partial charge in [0.1, 0.15) is 0 Å². The normalized spacial score (nSPS) is 23.6. The highest BCUT2D eigenvalue weighted by Gasteiger charge is 2.33. The van der Waals surface area contributed by atoms with Crippen LogP contribution in [0.3, 0.4) is 0 Å². The minimum absolute atomic E-state index is 0.00618. The number of hydrogen-bond donors (Lipinski definition) is 2. The lowest BCUT2D eigenvalue weighted by Gasteiger charge is -2.34. The van der Waals surface area contributed by atoms with Crippen molar-refractivity contribution in [2.24, 2.45) is 5.92 Å². The molecule has 2 fully saturated rings. The molecule has 0 radical (unpaired) electrons. The number of piperidine rings is 1. The first-order valence-corrected chi connectivity index (χ1v) is 7.53. The number of esters is 1. The van der Waals surface area contributed by atoms with Gasteiger partial charge < -0.3 is 10.1 Å². The van der Waals surface area contributed by atoms with E-state index in [1.165, 1.54) is 11.4 Å². The van der Waals surface area contributed by atoms with Gasteiger partial charge in [0, 0.05) is 32.2 Å². The third-order valence-corrected chi connectivity index (χ3v) is 5.10. The van der Waals surface area contributed by atoms with Crippen LogP contribution >= 0.6 is 0 Å². The van der Waals surface area contributed by atoms with Crippen LogP contribution in [0.2, 0.25) is 0 Å². The molecule has 0 aromatic heterocycles. The molecule has 0 aromatic rings. The van der Waals surface area contributed by atoms with Crippen molar-refractivity contribution in [1.82, 2.24) is 14.3 Å². The average Bonchev–Trinajstić information content (AvgIpc) is 2.33. The van der Waals surface area contributed by atoms with E-state index in [2.05, 4.69) is 14.8 Å². The SMILES string of the molecule is COC(=O)C1CCN(S(=O)(=O)NC2CNC2)CC1. The molecule has 7 nitrogen and oxygen atoms in total. The number of carbonyl (C=O) groups excluding carboxylic acids is 1. The lowest BCUT2D eigenvalue weighted by Crippen LogP contribution is -2.60. The maximum atomic E-state index is 12.0. The Morgan fingerprint density at radius 3 is 2.39 bits per heavy atom. The first-order valence-electron chi connectivity index (χ1n) is 6.09. The fourth-order valence-corrected chi connectivity index (χ4v) is 3.58. The standard InChI is InChI=1S/C10H19N3O4S/c1-17-10(14)8-2-4-13(5-3-8)18(15,16)12-9-6-11-7-9/h8-9,11-12H,2-7H2,1H3. The molecule has 2 heterocycles. The molecule has 0 aliphatic carbocycles. The zero-order valence-corrected chi connectivity index (χ0v) is 11.2. The summed E-state index contributed by atoms with van der Waals surface area (Å²) in [5.74, 6) is -0.421. The van der Waals surface area contributed by atoms with E-state index in [9.17, 15) is 13.2 Å². The molecule has 2 aliphatic rings. The van der Waals surface area contributed by atoms with E-state index in [0.29, 0.717) is 39.0 Å². The lowest BCUT2D eigenvalue weighted by atomic mass is 9.99. The highest BCUT2D eigenvalue weighted by molar-refractivity contribution is 7.87. The molecular formula is C10H19N3O4S. The number of rotatable bonds is 4. The highest BCUT2D eigenvalue weighted by Crippen LogP contribution is 2.20. The Hall–Kier alpha value is -0.700. The van der Waals surface area contributed by atoms with Gasteiger partial charge in [-0.05, 0) is 12.8 Å². The van der Waals surface area contributed by atoms with E-state index in [4.69, 9.17) is 0 Å². The van der Waals surface area contributed by atoms with Crippen molar-refractivity contribution in [1.29, 1.82) is 0 Å². The van der Waals surface area contributed by atoms with Gasteiger partial charge in [-0.15, -0.1) is 0 Å². The van der Waals surface area contributed by atoms with Crippen LogP contribution in [0.4, 0.5) is 0 Å². The van der Waals surface area contributed by atoms with E-state index in [-0.39, 0.29) is 17.9 Å². The van der Waals surface area contributed by atoms with E-state index < -0.39 is 10.2 Å². The fourth-order valence-electron chi connectivity index (χ4n) is 2.16. The predicted octanol–water partition coefficient (Wildman–Crippen LogP) is -1.32. The van der Waals surface area contributed by atoms with Crippen LogP contribution in [-0.2, 0) is 19.7 Å². The Bertz CT molecular complexity index is 399.